The Morgan fingerprint density at radius 1 is 1.39 bits per heavy atom. The molecule has 0 unspecified atom stereocenters. The molecule has 1 aliphatic carbocycles. The molecule has 1 aromatic carbocycles. The highest BCUT2D eigenvalue weighted by atomic mass is 16.4. The highest BCUT2D eigenvalue weighted by molar-refractivity contribution is 5.92. The van der Waals surface area contributed by atoms with Gasteiger partial charge in [0.25, 0.3) is 0 Å². The average Bonchev–Trinajstić information content (AvgIpc) is 2.35. The van der Waals surface area contributed by atoms with Crippen molar-refractivity contribution >= 4 is 17.8 Å². The van der Waals surface area contributed by atoms with Gasteiger partial charge in [0.1, 0.15) is 5.78 Å². The summed E-state index contributed by atoms with van der Waals surface area (Å²) < 4.78 is 0. The van der Waals surface area contributed by atoms with Gasteiger partial charge in [0.05, 0.1) is 0 Å². The lowest BCUT2D eigenvalue weighted by Gasteiger charge is -2.17. The fourth-order valence-electron chi connectivity index (χ4n) is 2.33. The summed E-state index contributed by atoms with van der Waals surface area (Å²) in [6.07, 6.45) is 3.99. The summed E-state index contributed by atoms with van der Waals surface area (Å²) in [5.74, 6) is -0.612. The third kappa shape index (κ3) is 2.50. The molecule has 1 aromatic rings. The van der Waals surface area contributed by atoms with E-state index in [-0.39, 0.29) is 5.78 Å². The number of carbonyl (C=O) groups is 2. The van der Waals surface area contributed by atoms with Crippen LogP contribution in [0.1, 0.15) is 36.5 Å². The molecular weight excluding hydrogens is 228 g/mol. The van der Waals surface area contributed by atoms with E-state index in [9.17, 15) is 9.59 Å². The number of benzene rings is 1. The van der Waals surface area contributed by atoms with E-state index in [2.05, 4.69) is 0 Å². The third-order valence-electron chi connectivity index (χ3n) is 3.34. The van der Waals surface area contributed by atoms with Crippen LogP contribution in [0, 0.1) is 0 Å². The van der Waals surface area contributed by atoms with Gasteiger partial charge in [0.2, 0.25) is 0 Å². The molecule has 0 atom stereocenters. The fourth-order valence-corrected chi connectivity index (χ4v) is 2.33. The third-order valence-corrected chi connectivity index (χ3v) is 3.34. The summed E-state index contributed by atoms with van der Waals surface area (Å²) in [5.41, 5.74) is 3.52. The molecule has 0 aliphatic heterocycles. The molecule has 3 heteroatoms. The van der Waals surface area contributed by atoms with Gasteiger partial charge in [0.15, 0.2) is 0 Å². The molecule has 0 aromatic heterocycles. The number of hydrogen-bond donors (Lipinski definition) is 1. The summed E-state index contributed by atoms with van der Waals surface area (Å²) in [6.45, 7) is 1.83. The number of ketones is 1. The minimum absolute atomic E-state index is 0.262. The van der Waals surface area contributed by atoms with Crippen molar-refractivity contribution in [1.82, 2.24) is 0 Å². The van der Waals surface area contributed by atoms with Crippen molar-refractivity contribution in [2.24, 2.45) is 0 Å². The summed E-state index contributed by atoms with van der Waals surface area (Å²) in [7, 11) is 0. The maximum absolute atomic E-state index is 11.4. The van der Waals surface area contributed by atoms with Gasteiger partial charge in [0, 0.05) is 18.4 Å². The second-order valence-electron chi connectivity index (χ2n) is 4.53. The van der Waals surface area contributed by atoms with E-state index in [0.717, 1.165) is 23.1 Å². The Balaban J connectivity index is 2.44. The van der Waals surface area contributed by atoms with E-state index < -0.39 is 5.97 Å². The zero-order chi connectivity index (χ0) is 13.1. The van der Waals surface area contributed by atoms with Crippen molar-refractivity contribution in [3.8, 4) is 0 Å². The molecule has 0 saturated heterocycles. The van der Waals surface area contributed by atoms with Crippen LogP contribution in [0.25, 0.3) is 6.08 Å². The zero-order valence-electron chi connectivity index (χ0n) is 10.4. The van der Waals surface area contributed by atoms with Crippen LogP contribution < -0.4 is 0 Å². The lowest BCUT2D eigenvalue weighted by Crippen LogP contribution is -2.14. The van der Waals surface area contributed by atoms with Crippen molar-refractivity contribution < 1.29 is 14.7 Å². The maximum atomic E-state index is 11.4. The Bertz CT molecular complexity index is 527. The quantitative estimate of drug-likeness (QED) is 0.831. The van der Waals surface area contributed by atoms with Crippen LogP contribution in [0.5, 0.6) is 0 Å². The summed E-state index contributed by atoms with van der Waals surface area (Å²) >= 11 is 0. The number of carboxylic acids is 1. The molecule has 0 radical (unpaired) electrons. The molecule has 0 spiro atoms. The molecule has 18 heavy (non-hydrogen) atoms. The first-order valence-electron chi connectivity index (χ1n) is 6.18. The van der Waals surface area contributed by atoms with Crippen LogP contribution in [0.4, 0.5) is 0 Å². The number of rotatable bonds is 3. The number of Topliss-reactive ketones (excluding diaryl/α,β-unsaturated/α-hetero) is 1. The first kappa shape index (κ1) is 12.6. The smallest absolute Gasteiger partial charge is 0.331 e. The lowest BCUT2D eigenvalue weighted by atomic mass is 9.87. The Hall–Kier alpha value is -1.90. The minimum atomic E-state index is -0.873. The van der Waals surface area contributed by atoms with Crippen molar-refractivity contribution in [3.63, 3.8) is 0 Å². The Morgan fingerprint density at radius 3 is 2.83 bits per heavy atom. The molecule has 0 saturated carbocycles. The normalized spacial score (nSPS) is 15.4. The van der Waals surface area contributed by atoms with Crippen molar-refractivity contribution in [3.05, 3.63) is 40.5 Å². The topological polar surface area (TPSA) is 54.4 Å². The van der Waals surface area contributed by atoms with Crippen molar-refractivity contribution in [2.45, 2.75) is 32.6 Å². The average molecular weight is 244 g/mol. The van der Waals surface area contributed by atoms with E-state index in [1.807, 2.05) is 25.1 Å². The number of aliphatic carboxylic acids is 1. The molecule has 3 nitrogen and oxygen atoms in total. The summed E-state index contributed by atoms with van der Waals surface area (Å²) in [6, 6.07) is 5.77. The van der Waals surface area contributed by atoms with Crippen LogP contribution in [0.15, 0.2) is 23.8 Å². The van der Waals surface area contributed by atoms with Crippen LogP contribution in [0.2, 0.25) is 0 Å². The molecule has 2 rings (SSSR count). The van der Waals surface area contributed by atoms with Gasteiger partial charge < -0.3 is 5.11 Å². The highest BCUT2D eigenvalue weighted by Gasteiger charge is 2.17. The van der Waals surface area contributed by atoms with E-state index in [4.69, 9.17) is 5.11 Å². The predicted molar refractivity (Wildman–Crippen MR) is 69.4 cm³/mol. The van der Waals surface area contributed by atoms with Crippen LogP contribution in [-0.2, 0) is 22.4 Å². The van der Waals surface area contributed by atoms with E-state index in [1.165, 1.54) is 0 Å². The first-order valence-corrected chi connectivity index (χ1v) is 6.18. The van der Waals surface area contributed by atoms with Crippen LogP contribution in [-0.4, -0.2) is 16.9 Å². The summed E-state index contributed by atoms with van der Waals surface area (Å²) in [4.78, 5) is 22.4. The molecule has 0 bridgehead atoms. The molecular formula is C15H16O3. The standard InChI is InChI=1S/C15H16O3/c1-2-10(15(17)18)8-11-4-3-5-12-9-13(16)6-7-14(11)12/h3-5,8H,2,6-7,9H2,1H3,(H,17,18)/b10-8+. The Kier molecular flexibility index (Phi) is 3.60. The second kappa shape index (κ2) is 5.17. The minimum Gasteiger partial charge on any atom is -0.478 e. The molecule has 94 valence electrons. The SMILES string of the molecule is CC/C(=C\c1cccc2c1CCC(=O)C2)C(=O)O. The van der Waals surface area contributed by atoms with Gasteiger partial charge in [-0.15, -0.1) is 0 Å². The Morgan fingerprint density at radius 2 is 2.17 bits per heavy atom. The van der Waals surface area contributed by atoms with Gasteiger partial charge in [-0.25, -0.2) is 4.79 Å². The van der Waals surface area contributed by atoms with Gasteiger partial charge >= 0.3 is 5.97 Å². The van der Waals surface area contributed by atoms with Crippen molar-refractivity contribution in [2.75, 3.05) is 0 Å². The lowest BCUT2D eigenvalue weighted by molar-refractivity contribution is -0.132. The maximum Gasteiger partial charge on any atom is 0.331 e. The summed E-state index contributed by atoms with van der Waals surface area (Å²) in [5, 5.41) is 9.06. The zero-order valence-corrected chi connectivity index (χ0v) is 10.4. The molecule has 0 amide bonds. The largest absolute Gasteiger partial charge is 0.478 e. The van der Waals surface area contributed by atoms with E-state index in [1.54, 1.807) is 6.08 Å². The molecule has 1 aliphatic rings. The van der Waals surface area contributed by atoms with Crippen molar-refractivity contribution in [1.29, 1.82) is 0 Å². The van der Waals surface area contributed by atoms with Gasteiger partial charge in [-0.2, -0.15) is 0 Å². The van der Waals surface area contributed by atoms with Crippen LogP contribution >= 0.6 is 0 Å². The monoisotopic (exact) mass is 244 g/mol. The molecule has 0 fully saturated rings. The highest BCUT2D eigenvalue weighted by Crippen LogP contribution is 2.25. The van der Waals surface area contributed by atoms with Gasteiger partial charge in [-0.1, -0.05) is 25.1 Å². The van der Waals surface area contributed by atoms with Gasteiger partial charge in [-0.3, -0.25) is 4.79 Å². The first-order chi connectivity index (χ1) is 8.61. The second-order valence-corrected chi connectivity index (χ2v) is 4.53. The Labute approximate surface area is 106 Å². The van der Waals surface area contributed by atoms with E-state index >= 15 is 0 Å². The number of carboxylic acid groups (broad SMARTS) is 1. The van der Waals surface area contributed by atoms with Crippen LogP contribution in [0.3, 0.4) is 0 Å². The molecule has 1 N–H and O–H groups in total. The van der Waals surface area contributed by atoms with Gasteiger partial charge in [-0.05, 0) is 35.6 Å². The number of fused-ring (bicyclic) bond motifs is 1. The predicted octanol–water partition coefficient (Wildman–Crippen LogP) is 2.62. The molecule has 0 heterocycles. The fraction of sp³-hybridized carbons (Fsp3) is 0.333. The number of hydrogen-bond acceptors (Lipinski definition) is 2. The van der Waals surface area contributed by atoms with E-state index in [0.29, 0.717) is 24.8 Å². The number of carbonyl (C=O) groups excluding carboxylic acids is 1.